The first-order valence-corrected chi connectivity index (χ1v) is 7.44. The first kappa shape index (κ1) is 16.8. The van der Waals surface area contributed by atoms with E-state index in [1.807, 2.05) is 18.2 Å². The van der Waals surface area contributed by atoms with Gasteiger partial charge in [-0.15, -0.1) is 0 Å². The number of hydrogen-bond donors (Lipinski definition) is 0. The molecule has 1 heterocycles. The predicted molar refractivity (Wildman–Crippen MR) is 88.0 cm³/mol. The summed E-state index contributed by atoms with van der Waals surface area (Å²) in [4.78, 5) is 17.4. The molecule has 0 fully saturated rings. The average molecular weight is 343 g/mol. The zero-order valence-electron chi connectivity index (χ0n) is 13.6. The molecule has 0 unspecified atom stereocenters. The van der Waals surface area contributed by atoms with Crippen molar-refractivity contribution in [2.45, 2.75) is 0 Å². The van der Waals surface area contributed by atoms with E-state index >= 15 is 0 Å². The summed E-state index contributed by atoms with van der Waals surface area (Å²) in [5.74, 6) is -1.76. The molecule has 0 aliphatic rings. The Balaban J connectivity index is 2.18. The van der Waals surface area contributed by atoms with E-state index in [9.17, 15) is 13.6 Å². The van der Waals surface area contributed by atoms with Crippen molar-refractivity contribution in [2.24, 2.45) is 0 Å². The Labute approximate surface area is 143 Å². The normalized spacial score (nSPS) is 10.7. The van der Waals surface area contributed by atoms with Crippen LogP contribution >= 0.6 is 0 Å². The molecule has 1 amide bonds. The molecule has 0 saturated carbocycles. The van der Waals surface area contributed by atoms with Crippen LogP contribution in [0.4, 0.5) is 8.78 Å². The minimum Gasteiger partial charge on any atom is -0.274 e. The molecule has 2 aromatic carbocycles. The Hall–Kier alpha value is -3.06. The van der Waals surface area contributed by atoms with E-state index in [0.29, 0.717) is 5.56 Å². The number of nitrogens with zero attached hydrogens (tertiary/aromatic N) is 3. The van der Waals surface area contributed by atoms with Gasteiger partial charge in [0.05, 0.1) is 7.11 Å². The summed E-state index contributed by atoms with van der Waals surface area (Å²) in [6.07, 6.45) is 1.49. The smallest absolute Gasteiger partial charge is 0.274 e. The van der Waals surface area contributed by atoms with E-state index < -0.39 is 17.5 Å². The predicted octanol–water partition coefficient (Wildman–Crippen LogP) is 3.45. The number of rotatable bonds is 4. The van der Waals surface area contributed by atoms with E-state index in [1.165, 1.54) is 20.4 Å². The van der Waals surface area contributed by atoms with Gasteiger partial charge in [0.15, 0.2) is 5.69 Å². The highest BCUT2D eigenvalue weighted by Crippen LogP contribution is 2.26. The summed E-state index contributed by atoms with van der Waals surface area (Å²) in [7, 11) is 2.79. The van der Waals surface area contributed by atoms with Gasteiger partial charge in [-0.1, -0.05) is 30.3 Å². The van der Waals surface area contributed by atoms with Gasteiger partial charge in [-0.25, -0.2) is 18.5 Å². The van der Waals surface area contributed by atoms with E-state index in [0.717, 1.165) is 33.5 Å². The second kappa shape index (κ2) is 6.82. The molecular formula is C18H15F2N3O2. The topological polar surface area (TPSA) is 47.4 Å². The van der Waals surface area contributed by atoms with Crippen molar-refractivity contribution in [1.29, 1.82) is 0 Å². The number of carbonyl (C=O) groups is 1. The molecule has 3 aromatic rings. The Morgan fingerprint density at radius 1 is 1.16 bits per heavy atom. The second-order valence-corrected chi connectivity index (χ2v) is 5.28. The van der Waals surface area contributed by atoms with Crippen molar-refractivity contribution < 1.29 is 18.4 Å². The van der Waals surface area contributed by atoms with Crippen LogP contribution in [-0.2, 0) is 4.84 Å². The second-order valence-electron chi connectivity index (χ2n) is 5.28. The van der Waals surface area contributed by atoms with Crippen LogP contribution in [0.15, 0.2) is 54.7 Å². The maximum Gasteiger partial charge on any atom is 0.298 e. The highest BCUT2D eigenvalue weighted by Gasteiger charge is 2.23. The van der Waals surface area contributed by atoms with Gasteiger partial charge in [-0.3, -0.25) is 9.63 Å². The zero-order chi connectivity index (χ0) is 18.0. The average Bonchev–Trinajstić information content (AvgIpc) is 3.08. The largest absolute Gasteiger partial charge is 0.298 e. The molecule has 0 atom stereocenters. The van der Waals surface area contributed by atoms with E-state index in [-0.39, 0.29) is 11.4 Å². The third-order valence-corrected chi connectivity index (χ3v) is 3.72. The van der Waals surface area contributed by atoms with E-state index in [1.54, 1.807) is 12.1 Å². The lowest BCUT2D eigenvalue weighted by Gasteiger charge is -2.12. The highest BCUT2D eigenvalue weighted by molar-refractivity contribution is 5.98. The summed E-state index contributed by atoms with van der Waals surface area (Å²) in [5.41, 5.74) is 1.19. The monoisotopic (exact) mass is 343 g/mol. The number of hydroxylamine groups is 2. The standard InChI is InChI=1S/C18H15F2N3O2/c1-22(25-2)18(24)17-14(12-6-4-3-5-7-12)11-23(21-17)16-10-13(19)8-9-15(16)20/h3-11H,1-2H3. The molecule has 0 aliphatic heterocycles. The van der Waals surface area contributed by atoms with Gasteiger partial charge in [-0.05, 0) is 17.7 Å². The number of halogens is 2. The maximum absolute atomic E-state index is 14.1. The third kappa shape index (κ3) is 3.27. The number of benzene rings is 2. The Morgan fingerprint density at radius 3 is 2.56 bits per heavy atom. The first-order chi connectivity index (χ1) is 12.0. The molecule has 128 valence electrons. The lowest BCUT2D eigenvalue weighted by Crippen LogP contribution is -2.26. The van der Waals surface area contributed by atoms with Crippen LogP contribution in [0, 0.1) is 11.6 Å². The zero-order valence-corrected chi connectivity index (χ0v) is 13.6. The molecule has 7 heteroatoms. The molecule has 25 heavy (non-hydrogen) atoms. The fourth-order valence-electron chi connectivity index (χ4n) is 2.38. The quantitative estimate of drug-likeness (QED) is 0.682. The number of amides is 1. The fraction of sp³-hybridized carbons (Fsp3) is 0.111. The Bertz CT molecular complexity index is 910. The van der Waals surface area contributed by atoms with Crippen LogP contribution in [0.2, 0.25) is 0 Å². The summed E-state index contributed by atoms with van der Waals surface area (Å²) in [6.45, 7) is 0. The van der Waals surface area contributed by atoms with E-state index in [4.69, 9.17) is 4.84 Å². The molecule has 3 rings (SSSR count). The molecular weight excluding hydrogens is 328 g/mol. The number of carbonyl (C=O) groups excluding carboxylic acids is 1. The van der Waals surface area contributed by atoms with Crippen LogP contribution in [0.5, 0.6) is 0 Å². The van der Waals surface area contributed by atoms with Gasteiger partial charge in [0.2, 0.25) is 0 Å². The lowest BCUT2D eigenvalue weighted by molar-refractivity contribution is -0.0760. The third-order valence-electron chi connectivity index (χ3n) is 3.72. The Kier molecular flexibility index (Phi) is 4.58. The lowest BCUT2D eigenvalue weighted by atomic mass is 10.1. The van der Waals surface area contributed by atoms with Gasteiger partial charge in [0, 0.05) is 24.9 Å². The molecule has 0 radical (unpaired) electrons. The minimum absolute atomic E-state index is 0.0687. The van der Waals surface area contributed by atoms with Crippen LogP contribution < -0.4 is 0 Å². The molecule has 0 N–H and O–H groups in total. The number of hydrogen-bond acceptors (Lipinski definition) is 3. The van der Waals surface area contributed by atoms with Crippen molar-refractivity contribution in [3.8, 4) is 16.8 Å². The van der Waals surface area contributed by atoms with Crippen molar-refractivity contribution in [2.75, 3.05) is 14.2 Å². The maximum atomic E-state index is 14.1. The van der Waals surface area contributed by atoms with Gasteiger partial charge >= 0.3 is 0 Å². The molecule has 0 bridgehead atoms. The SMILES string of the molecule is CON(C)C(=O)c1nn(-c2cc(F)ccc2F)cc1-c1ccccc1. The van der Waals surface area contributed by atoms with Crippen molar-refractivity contribution >= 4 is 5.91 Å². The first-order valence-electron chi connectivity index (χ1n) is 7.44. The molecule has 0 saturated heterocycles. The number of aromatic nitrogens is 2. The van der Waals surface area contributed by atoms with E-state index in [2.05, 4.69) is 5.10 Å². The van der Waals surface area contributed by atoms with Crippen LogP contribution in [0.1, 0.15) is 10.5 Å². The summed E-state index contributed by atoms with van der Waals surface area (Å²) >= 11 is 0. The Morgan fingerprint density at radius 2 is 1.88 bits per heavy atom. The van der Waals surface area contributed by atoms with Gasteiger partial charge in [0.25, 0.3) is 5.91 Å². The van der Waals surface area contributed by atoms with Crippen molar-refractivity contribution in [3.63, 3.8) is 0 Å². The molecule has 5 nitrogen and oxygen atoms in total. The van der Waals surface area contributed by atoms with Crippen molar-refractivity contribution in [1.82, 2.24) is 14.8 Å². The summed E-state index contributed by atoms with van der Waals surface area (Å²) in [6, 6.07) is 12.1. The highest BCUT2D eigenvalue weighted by atomic mass is 19.1. The summed E-state index contributed by atoms with van der Waals surface area (Å²) in [5, 5.41) is 5.18. The molecule has 0 aliphatic carbocycles. The summed E-state index contributed by atoms with van der Waals surface area (Å²) < 4.78 is 28.7. The van der Waals surface area contributed by atoms with Gasteiger partial charge in [-0.2, -0.15) is 5.10 Å². The van der Waals surface area contributed by atoms with Crippen LogP contribution in [-0.4, -0.2) is 34.9 Å². The molecule has 1 aromatic heterocycles. The van der Waals surface area contributed by atoms with Crippen LogP contribution in [0.25, 0.3) is 16.8 Å². The fourth-order valence-corrected chi connectivity index (χ4v) is 2.38. The molecule has 0 spiro atoms. The van der Waals surface area contributed by atoms with Crippen LogP contribution in [0.3, 0.4) is 0 Å². The van der Waals surface area contributed by atoms with Gasteiger partial charge in [0.1, 0.15) is 17.3 Å². The van der Waals surface area contributed by atoms with Gasteiger partial charge < -0.3 is 0 Å². The van der Waals surface area contributed by atoms with Crippen molar-refractivity contribution in [3.05, 3.63) is 72.1 Å². The minimum atomic E-state index is -0.650.